The van der Waals surface area contributed by atoms with Gasteiger partial charge in [0.15, 0.2) is 0 Å². The van der Waals surface area contributed by atoms with Crippen LogP contribution in [0.15, 0.2) is 33.9 Å². The zero-order valence-corrected chi connectivity index (χ0v) is 14.1. The fourth-order valence-corrected chi connectivity index (χ4v) is 2.41. The molecule has 7 heteroatoms. The van der Waals surface area contributed by atoms with E-state index in [4.69, 9.17) is 23.2 Å². The summed E-state index contributed by atoms with van der Waals surface area (Å²) < 4.78 is 2.53. The maximum absolute atomic E-state index is 11.9. The SMILES string of the molecule is C[C@H](NCc1cc(=O)n(C)c(=O)n1C)c1ccc(Cl)c(Cl)c1. The minimum atomic E-state index is -0.341. The Kier molecular flexibility index (Phi) is 5.11. The summed E-state index contributed by atoms with van der Waals surface area (Å²) in [5.41, 5.74) is 0.942. The molecule has 1 aromatic heterocycles. The first kappa shape index (κ1) is 16.8. The number of nitrogens with one attached hydrogen (secondary N) is 1. The Morgan fingerprint density at radius 2 is 1.77 bits per heavy atom. The molecule has 118 valence electrons. The lowest BCUT2D eigenvalue weighted by Gasteiger charge is -2.16. The fraction of sp³-hybridized carbons (Fsp3) is 0.333. The highest BCUT2D eigenvalue weighted by molar-refractivity contribution is 6.42. The molecule has 0 saturated heterocycles. The topological polar surface area (TPSA) is 56.0 Å². The Morgan fingerprint density at radius 3 is 2.41 bits per heavy atom. The standard InChI is InChI=1S/C15H17Cl2N3O2/c1-9(10-4-5-12(16)13(17)6-10)18-8-11-7-14(21)20(3)15(22)19(11)2/h4-7,9,18H,8H2,1-3H3/t9-/m0/s1. The van der Waals surface area contributed by atoms with Gasteiger partial charge in [0.05, 0.1) is 10.0 Å². The Bertz CT molecular complexity index is 811. The first-order chi connectivity index (χ1) is 10.3. The molecule has 0 bridgehead atoms. The molecule has 22 heavy (non-hydrogen) atoms. The van der Waals surface area contributed by atoms with Crippen molar-refractivity contribution in [2.24, 2.45) is 14.1 Å². The smallest absolute Gasteiger partial charge is 0.305 e. The molecule has 0 aliphatic rings. The van der Waals surface area contributed by atoms with Crippen molar-refractivity contribution in [2.75, 3.05) is 0 Å². The zero-order chi connectivity index (χ0) is 16.4. The van der Waals surface area contributed by atoms with E-state index < -0.39 is 0 Å². The van der Waals surface area contributed by atoms with Gasteiger partial charge in [0, 0.05) is 38.4 Å². The molecule has 2 rings (SSSR count). The van der Waals surface area contributed by atoms with E-state index >= 15 is 0 Å². The molecule has 5 nitrogen and oxygen atoms in total. The quantitative estimate of drug-likeness (QED) is 0.927. The van der Waals surface area contributed by atoms with Crippen LogP contribution in [0.5, 0.6) is 0 Å². The molecule has 0 saturated carbocycles. The van der Waals surface area contributed by atoms with E-state index in [9.17, 15) is 9.59 Å². The number of halogens is 2. The molecular weight excluding hydrogens is 325 g/mol. The monoisotopic (exact) mass is 341 g/mol. The number of aromatic nitrogens is 2. The van der Waals surface area contributed by atoms with E-state index in [0.29, 0.717) is 22.3 Å². The Labute approximate surface area is 138 Å². The van der Waals surface area contributed by atoms with Gasteiger partial charge in [0.25, 0.3) is 5.56 Å². The molecule has 0 unspecified atom stereocenters. The van der Waals surface area contributed by atoms with Crippen molar-refractivity contribution in [2.45, 2.75) is 19.5 Å². The van der Waals surface area contributed by atoms with Crippen LogP contribution in [0, 0.1) is 0 Å². The van der Waals surface area contributed by atoms with Gasteiger partial charge in [-0.25, -0.2) is 4.79 Å². The van der Waals surface area contributed by atoms with Crippen LogP contribution in [0.2, 0.25) is 10.0 Å². The van der Waals surface area contributed by atoms with Crippen LogP contribution >= 0.6 is 23.2 Å². The minimum absolute atomic E-state index is 0.00562. The molecule has 2 aromatic rings. The van der Waals surface area contributed by atoms with E-state index in [2.05, 4.69) is 5.32 Å². The van der Waals surface area contributed by atoms with Crippen molar-refractivity contribution in [3.63, 3.8) is 0 Å². The first-order valence-corrected chi connectivity index (χ1v) is 7.51. The minimum Gasteiger partial charge on any atom is -0.305 e. The highest BCUT2D eigenvalue weighted by Gasteiger charge is 2.10. The van der Waals surface area contributed by atoms with Gasteiger partial charge >= 0.3 is 5.69 Å². The summed E-state index contributed by atoms with van der Waals surface area (Å²) >= 11 is 11.9. The molecule has 0 fully saturated rings. The second-order valence-electron chi connectivity index (χ2n) is 5.15. The van der Waals surface area contributed by atoms with Gasteiger partial charge in [-0.05, 0) is 24.6 Å². The van der Waals surface area contributed by atoms with E-state index in [1.165, 1.54) is 17.7 Å². The molecular formula is C15H17Cl2N3O2. The van der Waals surface area contributed by atoms with E-state index in [1.54, 1.807) is 19.2 Å². The van der Waals surface area contributed by atoms with E-state index in [1.807, 2.05) is 13.0 Å². The van der Waals surface area contributed by atoms with Crippen molar-refractivity contribution in [1.82, 2.24) is 14.5 Å². The summed E-state index contributed by atoms with van der Waals surface area (Å²) in [5.74, 6) is 0. The normalized spacial score (nSPS) is 12.4. The maximum Gasteiger partial charge on any atom is 0.330 e. The molecule has 0 amide bonds. The summed E-state index contributed by atoms with van der Waals surface area (Å²) in [4.78, 5) is 23.6. The Morgan fingerprint density at radius 1 is 1.09 bits per heavy atom. The lowest BCUT2D eigenvalue weighted by atomic mass is 10.1. The molecule has 1 heterocycles. The van der Waals surface area contributed by atoms with Crippen LogP contribution in [0.1, 0.15) is 24.2 Å². The summed E-state index contributed by atoms with van der Waals surface area (Å²) in [6.07, 6.45) is 0. The number of rotatable bonds is 4. The van der Waals surface area contributed by atoms with Gasteiger partial charge in [-0.1, -0.05) is 29.3 Å². The second-order valence-corrected chi connectivity index (χ2v) is 5.97. The van der Waals surface area contributed by atoms with Gasteiger partial charge in [0.2, 0.25) is 0 Å². The zero-order valence-electron chi connectivity index (χ0n) is 12.6. The first-order valence-electron chi connectivity index (χ1n) is 6.75. The van der Waals surface area contributed by atoms with Gasteiger partial charge in [-0.3, -0.25) is 13.9 Å². The molecule has 0 aliphatic carbocycles. The van der Waals surface area contributed by atoms with Gasteiger partial charge < -0.3 is 5.32 Å². The van der Waals surface area contributed by atoms with Gasteiger partial charge in [-0.15, -0.1) is 0 Å². The van der Waals surface area contributed by atoms with E-state index in [-0.39, 0.29) is 17.3 Å². The Balaban J connectivity index is 2.18. The summed E-state index contributed by atoms with van der Waals surface area (Å²) in [6.45, 7) is 2.36. The summed E-state index contributed by atoms with van der Waals surface area (Å²) in [6, 6.07) is 6.87. The van der Waals surface area contributed by atoms with Crippen LogP contribution in [0.4, 0.5) is 0 Å². The highest BCUT2D eigenvalue weighted by atomic mass is 35.5. The predicted octanol–water partition coefficient (Wildman–Crippen LogP) is 2.24. The highest BCUT2D eigenvalue weighted by Crippen LogP contribution is 2.25. The molecule has 0 spiro atoms. The average molecular weight is 342 g/mol. The number of hydrogen-bond donors (Lipinski definition) is 1. The number of benzene rings is 1. The average Bonchev–Trinajstić information content (AvgIpc) is 2.49. The van der Waals surface area contributed by atoms with Crippen LogP contribution in [-0.4, -0.2) is 9.13 Å². The van der Waals surface area contributed by atoms with Crippen molar-refractivity contribution in [1.29, 1.82) is 0 Å². The van der Waals surface area contributed by atoms with Crippen molar-refractivity contribution < 1.29 is 0 Å². The van der Waals surface area contributed by atoms with Crippen LogP contribution in [-0.2, 0) is 20.6 Å². The van der Waals surface area contributed by atoms with Crippen molar-refractivity contribution >= 4 is 23.2 Å². The largest absolute Gasteiger partial charge is 0.330 e. The lowest BCUT2D eigenvalue weighted by molar-refractivity contribution is 0.540. The number of hydrogen-bond acceptors (Lipinski definition) is 3. The summed E-state index contributed by atoms with van der Waals surface area (Å²) in [7, 11) is 3.10. The molecule has 1 aromatic carbocycles. The van der Waals surface area contributed by atoms with Crippen LogP contribution in [0.3, 0.4) is 0 Å². The van der Waals surface area contributed by atoms with Gasteiger partial charge in [0.1, 0.15) is 0 Å². The fourth-order valence-electron chi connectivity index (χ4n) is 2.11. The second kappa shape index (κ2) is 6.69. The number of nitrogens with zero attached hydrogens (tertiary/aromatic N) is 2. The maximum atomic E-state index is 11.9. The lowest BCUT2D eigenvalue weighted by Crippen LogP contribution is -2.39. The van der Waals surface area contributed by atoms with Gasteiger partial charge in [-0.2, -0.15) is 0 Å². The molecule has 0 aliphatic heterocycles. The van der Waals surface area contributed by atoms with Crippen LogP contribution in [0.25, 0.3) is 0 Å². The third-order valence-electron chi connectivity index (χ3n) is 3.66. The van der Waals surface area contributed by atoms with Crippen molar-refractivity contribution in [3.05, 3.63) is 66.4 Å². The van der Waals surface area contributed by atoms with Crippen molar-refractivity contribution in [3.8, 4) is 0 Å². The third kappa shape index (κ3) is 3.43. The summed E-state index contributed by atoms with van der Waals surface area (Å²) in [5, 5.41) is 4.27. The molecule has 1 atom stereocenters. The molecule has 1 N–H and O–H groups in total. The predicted molar refractivity (Wildman–Crippen MR) is 88.6 cm³/mol. The third-order valence-corrected chi connectivity index (χ3v) is 4.40. The van der Waals surface area contributed by atoms with E-state index in [0.717, 1.165) is 10.1 Å². The Hall–Kier alpha value is -1.56. The van der Waals surface area contributed by atoms with Crippen LogP contribution < -0.4 is 16.6 Å². The molecule has 0 radical (unpaired) electrons.